The van der Waals surface area contributed by atoms with Gasteiger partial charge in [0.1, 0.15) is 0 Å². The van der Waals surface area contributed by atoms with Crippen LogP contribution in [0.4, 0.5) is 5.69 Å². The van der Waals surface area contributed by atoms with Gasteiger partial charge in [-0.25, -0.2) is 17.9 Å². The second kappa shape index (κ2) is 8.63. The van der Waals surface area contributed by atoms with Gasteiger partial charge in [-0.2, -0.15) is 0 Å². The summed E-state index contributed by atoms with van der Waals surface area (Å²) < 4.78 is 34.2. The van der Waals surface area contributed by atoms with Gasteiger partial charge in [0.05, 0.1) is 43.1 Å². The molecule has 1 fully saturated rings. The maximum absolute atomic E-state index is 12.6. The molecule has 0 amide bonds. The van der Waals surface area contributed by atoms with Gasteiger partial charge in [-0.3, -0.25) is 4.57 Å². The Hall–Kier alpha value is -2.62. The molecule has 0 aliphatic carbocycles. The van der Waals surface area contributed by atoms with Gasteiger partial charge in [-0.15, -0.1) is 0 Å². The molecule has 0 atom stereocenters. The number of para-hydroxylation sites is 1. The maximum Gasteiger partial charge on any atom is 0.419 e. The fourth-order valence-electron chi connectivity index (χ4n) is 3.88. The summed E-state index contributed by atoms with van der Waals surface area (Å²) in [7, 11) is -2.06. The molecule has 0 saturated carbocycles. The number of hydrogen-bond acceptors (Lipinski definition) is 5. The molecule has 1 aliphatic rings. The van der Waals surface area contributed by atoms with Crippen LogP contribution in [-0.4, -0.2) is 52.3 Å². The van der Waals surface area contributed by atoms with Crippen molar-refractivity contribution in [2.45, 2.75) is 11.3 Å². The first-order valence-electron chi connectivity index (χ1n) is 10.2. The molecule has 1 aromatic heterocycles. The zero-order chi connectivity index (χ0) is 21.1. The molecule has 1 aliphatic heterocycles. The lowest BCUT2D eigenvalue weighted by Gasteiger charge is -2.33. The molecule has 0 bridgehead atoms. The smallest absolute Gasteiger partial charge is 0.408 e. The zero-order valence-electron chi connectivity index (χ0n) is 17.0. The highest BCUT2D eigenvalue weighted by Crippen LogP contribution is 2.17. The number of quaternary nitrogens is 1. The highest BCUT2D eigenvalue weighted by Gasteiger charge is 2.20. The Kier molecular flexibility index (Phi) is 5.94. The summed E-state index contributed by atoms with van der Waals surface area (Å²) in [6.45, 7) is 5.42. The molecular weight excluding hydrogens is 404 g/mol. The van der Waals surface area contributed by atoms with Crippen LogP contribution < -0.4 is 20.3 Å². The third kappa shape index (κ3) is 4.43. The predicted octanol–water partition coefficient (Wildman–Crippen LogP) is 0.205. The lowest BCUT2D eigenvalue weighted by molar-refractivity contribution is -0.900. The summed E-state index contributed by atoms with van der Waals surface area (Å²) in [6.07, 6.45) is 0.766. The molecule has 2 heterocycles. The number of nitrogens with zero attached hydrogens (tertiary/aromatic N) is 2. The van der Waals surface area contributed by atoms with Crippen LogP contribution in [-0.2, 0) is 17.1 Å². The Balaban J connectivity index is 1.26. The lowest BCUT2D eigenvalue weighted by Crippen LogP contribution is -3.15. The number of nitrogens with one attached hydrogen (secondary N) is 2. The third-order valence-corrected chi connectivity index (χ3v) is 7.12. The van der Waals surface area contributed by atoms with Gasteiger partial charge in [-0.05, 0) is 24.3 Å². The fraction of sp³-hybridized carbons (Fsp3) is 0.381. The van der Waals surface area contributed by atoms with Gasteiger partial charge in [0.15, 0.2) is 5.58 Å². The van der Waals surface area contributed by atoms with Crippen LogP contribution in [0.1, 0.15) is 6.42 Å². The molecule has 9 heteroatoms. The molecule has 2 aromatic carbocycles. The molecule has 2 N–H and O–H groups in total. The summed E-state index contributed by atoms with van der Waals surface area (Å²) in [5, 5.41) is 0. The van der Waals surface area contributed by atoms with Crippen LogP contribution in [0, 0.1) is 0 Å². The third-order valence-electron chi connectivity index (χ3n) is 5.67. The van der Waals surface area contributed by atoms with E-state index >= 15 is 0 Å². The van der Waals surface area contributed by atoms with E-state index < -0.39 is 15.8 Å². The molecule has 4 rings (SSSR count). The van der Waals surface area contributed by atoms with Gasteiger partial charge in [0.2, 0.25) is 10.0 Å². The van der Waals surface area contributed by atoms with E-state index in [9.17, 15) is 13.2 Å². The predicted molar refractivity (Wildman–Crippen MR) is 115 cm³/mol. The Morgan fingerprint density at radius 2 is 1.83 bits per heavy atom. The average molecular weight is 432 g/mol. The molecule has 0 spiro atoms. The second-order valence-electron chi connectivity index (χ2n) is 7.63. The van der Waals surface area contributed by atoms with Crippen molar-refractivity contribution in [3.63, 3.8) is 0 Å². The maximum atomic E-state index is 12.6. The number of anilines is 1. The minimum Gasteiger partial charge on any atom is -0.408 e. The highest BCUT2D eigenvalue weighted by atomic mass is 32.2. The largest absolute Gasteiger partial charge is 0.419 e. The van der Waals surface area contributed by atoms with Crippen molar-refractivity contribution >= 4 is 26.8 Å². The number of rotatable bonds is 7. The number of benzene rings is 2. The van der Waals surface area contributed by atoms with Crippen molar-refractivity contribution in [1.82, 2.24) is 9.29 Å². The summed E-state index contributed by atoms with van der Waals surface area (Å²) in [5.41, 5.74) is 2.10. The summed E-state index contributed by atoms with van der Waals surface area (Å²) in [5.74, 6) is -0.511. The van der Waals surface area contributed by atoms with E-state index in [-0.39, 0.29) is 10.5 Å². The number of aromatic nitrogens is 1. The normalized spacial score (nSPS) is 15.7. The van der Waals surface area contributed by atoms with Gasteiger partial charge in [-0.1, -0.05) is 18.2 Å². The summed E-state index contributed by atoms with van der Waals surface area (Å²) in [6, 6.07) is 14.9. The van der Waals surface area contributed by atoms with Crippen molar-refractivity contribution in [3.8, 4) is 0 Å². The molecule has 3 aromatic rings. The molecule has 0 radical (unpaired) electrons. The van der Waals surface area contributed by atoms with E-state index in [4.69, 9.17) is 4.42 Å². The molecule has 1 saturated heterocycles. The molecule has 8 nitrogen and oxygen atoms in total. The summed E-state index contributed by atoms with van der Waals surface area (Å²) >= 11 is 0. The quantitative estimate of drug-likeness (QED) is 0.522. The first-order valence-corrected chi connectivity index (χ1v) is 11.7. The van der Waals surface area contributed by atoms with Crippen LogP contribution in [0.5, 0.6) is 0 Å². The number of fused-ring (bicyclic) bond motifs is 1. The molecule has 0 unspecified atom stereocenters. The number of sulfonamides is 1. The number of piperazine rings is 1. The fourth-order valence-corrected chi connectivity index (χ4v) is 4.97. The van der Waals surface area contributed by atoms with Crippen molar-refractivity contribution < 1.29 is 17.7 Å². The van der Waals surface area contributed by atoms with Crippen LogP contribution >= 0.6 is 0 Å². The van der Waals surface area contributed by atoms with Gasteiger partial charge >= 0.3 is 5.76 Å². The number of aryl methyl sites for hydroxylation is 1. The Morgan fingerprint density at radius 1 is 1.10 bits per heavy atom. The Labute approximate surface area is 175 Å². The van der Waals surface area contributed by atoms with Gasteiger partial charge in [0.25, 0.3) is 0 Å². The standard InChI is InChI=1S/C21H26N4O4S/c1-23-19-9-8-18(16-20(19)29-21(23)26)30(27,28)22-10-5-11-24-12-14-25(15-13-24)17-6-3-2-4-7-17/h2-4,6-9,16,22H,5,10-15H2,1H3/p+1. The van der Waals surface area contributed by atoms with E-state index in [1.807, 2.05) is 6.07 Å². The molecule has 30 heavy (non-hydrogen) atoms. The van der Waals surface area contributed by atoms with Crippen LogP contribution in [0.2, 0.25) is 0 Å². The van der Waals surface area contributed by atoms with E-state index in [0.717, 1.165) is 39.1 Å². The van der Waals surface area contributed by atoms with E-state index in [2.05, 4.69) is 33.9 Å². The zero-order valence-corrected chi connectivity index (χ0v) is 17.8. The monoisotopic (exact) mass is 431 g/mol. The number of oxazole rings is 1. The van der Waals surface area contributed by atoms with Gasteiger partial charge < -0.3 is 14.2 Å². The Morgan fingerprint density at radius 3 is 2.57 bits per heavy atom. The average Bonchev–Trinajstić information content (AvgIpc) is 3.05. The molecule has 160 valence electrons. The van der Waals surface area contributed by atoms with Gasteiger partial charge in [0, 0.05) is 31.8 Å². The van der Waals surface area contributed by atoms with Crippen molar-refractivity contribution in [1.29, 1.82) is 0 Å². The lowest BCUT2D eigenvalue weighted by atomic mass is 10.2. The minimum absolute atomic E-state index is 0.105. The minimum atomic E-state index is -3.64. The first kappa shape index (κ1) is 20.6. The van der Waals surface area contributed by atoms with Crippen molar-refractivity contribution in [2.75, 3.05) is 44.2 Å². The molecular formula is C21H27N4O4S+. The first-order chi connectivity index (χ1) is 14.4. The Bertz CT molecular complexity index is 1160. The van der Waals surface area contributed by atoms with E-state index in [0.29, 0.717) is 12.1 Å². The highest BCUT2D eigenvalue weighted by molar-refractivity contribution is 7.89. The van der Waals surface area contributed by atoms with E-state index in [1.165, 1.54) is 27.3 Å². The summed E-state index contributed by atoms with van der Waals surface area (Å²) in [4.78, 5) is 15.6. The topological polar surface area (TPSA) is 89.0 Å². The SMILES string of the molecule is Cn1c(=O)oc2cc(S(=O)(=O)NCCC[NH+]3CCN(c4ccccc4)CC3)ccc21. The van der Waals surface area contributed by atoms with Crippen molar-refractivity contribution in [2.24, 2.45) is 7.05 Å². The second-order valence-corrected chi connectivity index (χ2v) is 9.40. The van der Waals surface area contributed by atoms with E-state index in [1.54, 1.807) is 13.1 Å². The van der Waals surface area contributed by atoms with Crippen molar-refractivity contribution in [3.05, 3.63) is 59.1 Å². The van der Waals surface area contributed by atoms with Crippen LogP contribution in [0.15, 0.2) is 62.6 Å². The van der Waals surface area contributed by atoms with Crippen LogP contribution in [0.25, 0.3) is 11.1 Å². The number of hydrogen-bond donors (Lipinski definition) is 2. The van der Waals surface area contributed by atoms with Crippen LogP contribution in [0.3, 0.4) is 0 Å².